The molecule has 4 N–H and O–H groups in total. The number of carboxylic acids is 1. The molecule has 0 bridgehead atoms. The van der Waals surface area contributed by atoms with Crippen LogP contribution in [-0.4, -0.2) is 23.0 Å². The summed E-state index contributed by atoms with van der Waals surface area (Å²) in [5.74, 6) is -1.92. The molecule has 0 saturated heterocycles. The van der Waals surface area contributed by atoms with Crippen molar-refractivity contribution in [2.45, 2.75) is 12.5 Å². The van der Waals surface area contributed by atoms with E-state index < -0.39 is 17.8 Å². The molecule has 100 valence electrons. The first-order valence-corrected chi connectivity index (χ1v) is 6.12. The highest BCUT2D eigenvalue weighted by atomic mass is 35.5. The van der Waals surface area contributed by atoms with E-state index in [1.54, 1.807) is 30.4 Å². The van der Waals surface area contributed by atoms with Gasteiger partial charge in [0.05, 0.1) is 11.5 Å². The third-order valence-electron chi connectivity index (χ3n) is 2.99. The number of rotatable bonds is 4. The lowest BCUT2D eigenvalue weighted by Crippen LogP contribution is -2.21. The van der Waals surface area contributed by atoms with Crippen molar-refractivity contribution in [2.24, 2.45) is 11.7 Å². The van der Waals surface area contributed by atoms with Crippen LogP contribution in [0.2, 0.25) is 5.02 Å². The van der Waals surface area contributed by atoms with Gasteiger partial charge in [-0.25, -0.2) is 0 Å². The molecule has 1 aromatic carbocycles. The van der Waals surface area contributed by atoms with Gasteiger partial charge in [0.2, 0.25) is 0 Å². The minimum absolute atomic E-state index is 0.155. The average molecular weight is 281 g/mol. The van der Waals surface area contributed by atoms with Crippen molar-refractivity contribution in [1.82, 2.24) is 0 Å². The van der Waals surface area contributed by atoms with E-state index in [0.29, 0.717) is 22.7 Å². The van der Waals surface area contributed by atoms with E-state index in [4.69, 9.17) is 22.4 Å². The van der Waals surface area contributed by atoms with Crippen LogP contribution in [0.15, 0.2) is 30.4 Å². The number of anilines is 1. The summed E-state index contributed by atoms with van der Waals surface area (Å²) in [6.45, 7) is 0. The number of aliphatic carboxylic acids is 1. The fraction of sp³-hybridized carbons (Fsp3) is 0.231. The molecule has 0 heterocycles. The van der Waals surface area contributed by atoms with Crippen LogP contribution >= 0.6 is 11.6 Å². The van der Waals surface area contributed by atoms with E-state index >= 15 is 0 Å². The Labute approximate surface area is 115 Å². The number of benzene rings is 1. The highest BCUT2D eigenvalue weighted by Gasteiger charge is 2.25. The van der Waals surface area contributed by atoms with Gasteiger partial charge in [-0.2, -0.15) is 0 Å². The van der Waals surface area contributed by atoms with Gasteiger partial charge in [-0.3, -0.25) is 9.59 Å². The van der Waals surface area contributed by atoms with Crippen molar-refractivity contribution in [1.29, 1.82) is 0 Å². The Bertz CT molecular complexity index is 557. The fourth-order valence-corrected chi connectivity index (χ4v) is 2.21. The minimum Gasteiger partial charge on any atom is -0.481 e. The first-order chi connectivity index (χ1) is 8.97. The second-order valence-corrected chi connectivity index (χ2v) is 4.81. The normalized spacial score (nSPS) is 21.3. The van der Waals surface area contributed by atoms with Crippen LogP contribution in [0.4, 0.5) is 5.69 Å². The van der Waals surface area contributed by atoms with E-state index in [2.05, 4.69) is 5.32 Å². The number of primary amides is 1. The lowest BCUT2D eigenvalue weighted by Gasteiger charge is -2.16. The number of amides is 1. The second kappa shape index (κ2) is 5.32. The summed E-state index contributed by atoms with van der Waals surface area (Å²) in [7, 11) is 0. The smallest absolute Gasteiger partial charge is 0.310 e. The maximum Gasteiger partial charge on any atom is 0.310 e. The number of halogens is 1. The summed E-state index contributed by atoms with van der Waals surface area (Å²) in [4.78, 5) is 22.2. The summed E-state index contributed by atoms with van der Waals surface area (Å²) >= 11 is 5.88. The highest BCUT2D eigenvalue weighted by Crippen LogP contribution is 2.26. The number of carboxylic acid groups (broad SMARTS) is 1. The number of carbonyl (C=O) groups excluding carboxylic acids is 1. The topological polar surface area (TPSA) is 92.4 Å². The molecule has 19 heavy (non-hydrogen) atoms. The summed E-state index contributed by atoms with van der Waals surface area (Å²) in [6, 6.07) is 4.57. The van der Waals surface area contributed by atoms with Gasteiger partial charge in [0, 0.05) is 16.8 Å². The van der Waals surface area contributed by atoms with Crippen LogP contribution in [0.25, 0.3) is 0 Å². The largest absolute Gasteiger partial charge is 0.481 e. The molecule has 1 aliphatic carbocycles. The molecule has 1 amide bonds. The highest BCUT2D eigenvalue weighted by molar-refractivity contribution is 6.31. The number of nitrogens with one attached hydrogen (secondary N) is 1. The molecule has 0 saturated carbocycles. The van der Waals surface area contributed by atoms with Gasteiger partial charge in [-0.15, -0.1) is 0 Å². The lowest BCUT2D eigenvalue weighted by atomic mass is 10.1. The summed E-state index contributed by atoms with van der Waals surface area (Å²) < 4.78 is 0. The van der Waals surface area contributed by atoms with Crippen LogP contribution in [0.5, 0.6) is 0 Å². The van der Waals surface area contributed by atoms with Gasteiger partial charge in [0.15, 0.2) is 0 Å². The summed E-state index contributed by atoms with van der Waals surface area (Å²) in [5, 5.41) is 12.5. The van der Waals surface area contributed by atoms with Gasteiger partial charge in [0.1, 0.15) is 0 Å². The number of hydrogen-bond acceptors (Lipinski definition) is 3. The number of nitrogens with two attached hydrogens (primary N) is 1. The van der Waals surface area contributed by atoms with Crippen molar-refractivity contribution >= 4 is 29.2 Å². The van der Waals surface area contributed by atoms with E-state index in [0.717, 1.165) is 0 Å². The Morgan fingerprint density at radius 3 is 2.68 bits per heavy atom. The molecule has 6 heteroatoms. The summed E-state index contributed by atoms with van der Waals surface area (Å²) in [5.41, 5.74) is 6.12. The molecular formula is C13H13ClN2O3. The molecule has 2 unspecified atom stereocenters. The standard InChI is InChI=1S/C13H13ClN2O3/c14-8-2-4-10(12(15)17)11(6-8)16-9-3-1-7(5-9)13(18)19/h1-4,6-7,9,16H,5H2,(H2,15,17)(H,18,19). The average Bonchev–Trinajstić information content (AvgIpc) is 2.77. The molecule has 0 radical (unpaired) electrons. The zero-order chi connectivity index (χ0) is 14.0. The monoisotopic (exact) mass is 280 g/mol. The molecule has 0 aromatic heterocycles. The molecule has 0 spiro atoms. The zero-order valence-electron chi connectivity index (χ0n) is 9.97. The fourth-order valence-electron chi connectivity index (χ4n) is 2.04. The molecule has 0 aliphatic heterocycles. The second-order valence-electron chi connectivity index (χ2n) is 4.37. The predicted octanol–water partition coefficient (Wildman–Crippen LogP) is 1.88. The lowest BCUT2D eigenvalue weighted by molar-refractivity contribution is -0.140. The SMILES string of the molecule is NC(=O)c1ccc(Cl)cc1NC1C=CC(C(=O)O)C1. The Balaban J connectivity index is 2.16. The van der Waals surface area contributed by atoms with Crippen molar-refractivity contribution in [3.05, 3.63) is 40.9 Å². The van der Waals surface area contributed by atoms with Crippen molar-refractivity contribution in [3.63, 3.8) is 0 Å². The molecule has 1 aliphatic rings. The Morgan fingerprint density at radius 2 is 2.11 bits per heavy atom. The molecule has 2 atom stereocenters. The van der Waals surface area contributed by atoms with Crippen molar-refractivity contribution in [2.75, 3.05) is 5.32 Å². The molecule has 0 fully saturated rings. The van der Waals surface area contributed by atoms with E-state index in [9.17, 15) is 9.59 Å². The Hall–Kier alpha value is -2.01. The van der Waals surface area contributed by atoms with Gasteiger partial charge in [-0.1, -0.05) is 23.8 Å². The van der Waals surface area contributed by atoms with Crippen LogP contribution in [0.1, 0.15) is 16.8 Å². The maximum atomic E-state index is 11.3. The maximum absolute atomic E-state index is 11.3. The van der Waals surface area contributed by atoms with E-state index in [1.165, 1.54) is 0 Å². The third-order valence-corrected chi connectivity index (χ3v) is 3.22. The van der Waals surface area contributed by atoms with Crippen molar-refractivity contribution in [3.8, 4) is 0 Å². The van der Waals surface area contributed by atoms with Crippen LogP contribution in [0.3, 0.4) is 0 Å². The first kappa shape index (κ1) is 13.4. The molecule has 5 nitrogen and oxygen atoms in total. The quantitative estimate of drug-likeness (QED) is 0.734. The van der Waals surface area contributed by atoms with Crippen molar-refractivity contribution < 1.29 is 14.7 Å². The first-order valence-electron chi connectivity index (χ1n) is 5.74. The predicted molar refractivity (Wildman–Crippen MR) is 72.3 cm³/mol. The summed E-state index contributed by atoms with van der Waals surface area (Å²) in [6.07, 6.45) is 3.83. The van der Waals surface area contributed by atoms with Gasteiger partial charge in [0.25, 0.3) is 5.91 Å². The Morgan fingerprint density at radius 1 is 1.37 bits per heavy atom. The van der Waals surface area contributed by atoms with Crippen LogP contribution < -0.4 is 11.1 Å². The van der Waals surface area contributed by atoms with E-state index in [-0.39, 0.29) is 6.04 Å². The van der Waals surface area contributed by atoms with Crippen LogP contribution in [0, 0.1) is 5.92 Å². The van der Waals surface area contributed by atoms with E-state index in [1.807, 2.05) is 0 Å². The van der Waals surface area contributed by atoms with Gasteiger partial charge >= 0.3 is 5.97 Å². The number of carbonyl (C=O) groups is 2. The van der Waals surface area contributed by atoms with Crippen LogP contribution in [-0.2, 0) is 4.79 Å². The number of hydrogen-bond donors (Lipinski definition) is 3. The van der Waals surface area contributed by atoms with Gasteiger partial charge < -0.3 is 16.2 Å². The molecule has 1 aromatic rings. The van der Waals surface area contributed by atoms with Gasteiger partial charge in [-0.05, 0) is 24.6 Å². The molecule has 2 rings (SSSR count). The minimum atomic E-state index is -0.859. The zero-order valence-corrected chi connectivity index (χ0v) is 10.7. The molecular weight excluding hydrogens is 268 g/mol. The Kier molecular flexibility index (Phi) is 3.76. The third kappa shape index (κ3) is 3.06.